The average Bonchev–Trinajstić information content (AvgIpc) is 2.49. The van der Waals surface area contributed by atoms with Crippen LogP contribution in [-0.2, 0) is 0 Å². The van der Waals surface area contributed by atoms with Crippen molar-refractivity contribution in [1.82, 2.24) is 9.97 Å². The minimum atomic E-state index is 0.528. The van der Waals surface area contributed by atoms with E-state index in [-0.39, 0.29) is 0 Å². The Balaban J connectivity index is 2.11. The van der Waals surface area contributed by atoms with Crippen LogP contribution < -0.4 is 11.1 Å². The number of fused-ring (bicyclic) bond motifs is 1. The SMILES string of the molecule is N#Cc1cc(Br)ccc1Nc1ncnc2ccc(N)cc12. The number of benzene rings is 2. The van der Waals surface area contributed by atoms with Crippen LogP contribution in [0.1, 0.15) is 5.56 Å². The third-order valence-electron chi connectivity index (χ3n) is 3.01. The first-order valence-corrected chi connectivity index (χ1v) is 6.93. The highest BCUT2D eigenvalue weighted by Gasteiger charge is 2.08. The maximum absolute atomic E-state index is 9.21. The number of anilines is 3. The Kier molecular flexibility index (Phi) is 3.42. The van der Waals surface area contributed by atoms with E-state index in [0.29, 0.717) is 22.8 Å². The van der Waals surface area contributed by atoms with Crippen molar-refractivity contribution in [2.45, 2.75) is 0 Å². The van der Waals surface area contributed by atoms with Gasteiger partial charge in [0.15, 0.2) is 0 Å². The summed E-state index contributed by atoms with van der Waals surface area (Å²) in [5.41, 5.74) is 8.46. The maximum atomic E-state index is 9.21. The quantitative estimate of drug-likeness (QED) is 0.696. The Hall–Kier alpha value is -2.65. The summed E-state index contributed by atoms with van der Waals surface area (Å²) < 4.78 is 0.849. The molecule has 0 bridgehead atoms. The average molecular weight is 340 g/mol. The fraction of sp³-hybridized carbons (Fsp3) is 0. The number of nitrogens with zero attached hydrogens (tertiary/aromatic N) is 3. The van der Waals surface area contributed by atoms with E-state index in [1.54, 1.807) is 12.1 Å². The second-order valence-corrected chi connectivity index (χ2v) is 5.34. The predicted octanol–water partition coefficient (Wildman–Crippen LogP) is 3.59. The summed E-state index contributed by atoms with van der Waals surface area (Å²) in [6.45, 7) is 0. The Morgan fingerprint density at radius 3 is 2.81 bits per heavy atom. The van der Waals surface area contributed by atoms with E-state index in [1.165, 1.54) is 6.33 Å². The lowest BCUT2D eigenvalue weighted by Crippen LogP contribution is -1.98. The predicted molar refractivity (Wildman–Crippen MR) is 86.1 cm³/mol. The summed E-state index contributed by atoms with van der Waals surface area (Å²) in [5.74, 6) is 0.617. The molecule has 3 N–H and O–H groups in total. The minimum Gasteiger partial charge on any atom is -0.399 e. The fourth-order valence-corrected chi connectivity index (χ4v) is 2.38. The van der Waals surface area contributed by atoms with E-state index in [0.717, 1.165) is 15.4 Å². The third kappa shape index (κ3) is 2.64. The van der Waals surface area contributed by atoms with Gasteiger partial charge in [-0.1, -0.05) is 15.9 Å². The van der Waals surface area contributed by atoms with E-state index in [1.807, 2.05) is 24.3 Å². The van der Waals surface area contributed by atoms with E-state index >= 15 is 0 Å². The number of nitrogens with two attached hydrogens (primary N) is 1. The van der Waals surface area contributed by atoms with Gasteiger partial charge in [-0.3, -0.25) is 0 Å². The molecule has 0 atom stereocenters. The summed E-state index contributed by atoms with van der Waals surface area (Å²) in [6, 6.07) is 13.0. The molecule has 6 heteroatoms. The summed E-state index contributed by atoms with van der Waals surface area (Å²) in [6.07, 6.45) is 1.48. The molecule has 0 spiro atoms. The molecule has 0 saturated carbocycles. The van der Waals surface area contributed by atoms with Crippen LogP contribution in [0, 0.1) is 11.3 Å². The molecule has 0 unspecified atom stereocenters. The molecular formula is C15H10BrN5. The van der Waals surface area contributed by atoms with Crippen LogP contribution in [0.25, 0.3) is 10.9 Å². The number of nitriles is 1. The molecule has 102 valence electrons. The molecule has 0 aliphatic rings. The van der Waals surface area contributed by atoms with E-state index in [9.17, 15) is 5.26 Å². The van der Waals surface area contributed by atoms with Gasteiger partial charge in [0, 0.05) is 15.5 Å². The number of nitrogens with one attached hydrogen (secondary N) is 1. The largest absolute Gasteiger partial charge is 0.399 e. The lowest BCUT2D eigenvalue weighted by molar-refractivity contribution is 1.22. The molecule has 0 fully saturated rings. The fourth-order valence-electron chi connectivity index (χ4n) is 2.02. The minimum absolute atomic E-state index is 0.528. The molecule has 3 aromatic rings. The maximum Gasteiger partial charge on any atom is 0.141 e. The normalized spacial score (nSPS) is 10.3. The van der Waals surface area contributed by atoms with E-state index < -0.39 is 0 Å². The number of nitrogen functional groups attached to an aromatic ring is 1. The number of halogens is 1. The van der Waals surface area contributed by atoms with Crippen LogP contribution in [0.15, 0.2) is 47.2 Å². The zero-order valence-corrected chi connectivity index (χ0v) is 12.4. The van der Waals surface area contributed by atoms with Gasteiger partial charge < -0.3 is 11.1 Å². The lowest BCUT2D eigenvalue weighted by atomic mass is 10.1. The molecule has 1 heterocycles. The van der Waals surface area contributed by atoms with Gasteiger partial charge in [-0.15, -0.1) is 0 Å². The Bertz CT molecular complexity index is 870. The van der Waals surface area contributed by atoms with Crippen molar-refractivity contribution in [3.63, 3.8) is 0 Å². The molecular weight excluding hydrogens is 330 g/mol. The van der Waals surface area contributed by atoms with Crippen molar-refractivity contribution in [2.75, 3.05) is 11.1 Å². The van der Waals surface area contributed by atoms with Gasteiger partial charge in [0.1, 0.15) is 18.2 Å². The Morgan fingerprint density at radius 2 is 2.00 bits per heavy atom. The topological polar surface area (TPSA) is 87.6 Å². The molecule has 0 amide bonds. The number of rotatable bonds is 2. The zero-order chi connectivity index (χ0) is 14.8. The van der Waals surface area contributed by atoms with E-state index in [2.05, 4.69) is 37.3 Å². The number of hydrogen-bond donors (Lipinski definition) is 2. The van der Waals surface area contributed by atoms with Crippen LogP contribution >= 0.6 is 15.9 Å². The number of aromatic nitrogens is 2. The molecule has 0 saturated heterocycles. The Morgan fingerprint density at radius 1 is 1.14 bits per heavy atom. The molecule has 0 radical (unpaired) electrons. The summed E-state index contributed by atoms with van der Waals surface area (Å²) >= 11 is 3.35. The second-order valence-electron chi connectivity index (χ2n) is 4.43. The highest BCUT2D eigenvalue weighted by molar-refractivity contribution is 9.10. The van der Waals surface area contributed by atoms with Crippen molar-refractivity contribution in [3.8, 4) is 6.07 Å². The van der Waals surface area contributed by atoms with Gasteiger partial charge in [-0.25, -0.2) is 9.97 Å². The molecule has 21 heavy (non-hydrogen) atoms. The first-order valence-electron chi connectivity index (χ1n) is 6.14. The lowest BCUT2D eigenvalue weighted by Gasteiger charge is -2.10. The van der Waals surface area contributed by atoms with Crippen molar-refractivity contribution >= 4 is 44.0 Å². The molecule has 2 aromatic carbocycles. The molecule has 3 rings (SSSR count). The summed E-state index contributed by atoms with van der Waals surface area (Å²) in [4.78, 5) is 8.44. The van der Waals surface area contributed by atoms with Crippen molar-refractivity contribution < 1.29 is 0 Å². The van der Waals surface area contributed by atoms with Crippen molar-refractivity contribution in [1.29, 1.82) is 5.26 Å². The van der Waals surface area contributed by atoms with Crippen LogP contribution in [0.2, 0.25) is 0 Å². The van der Waals surface area contributed by atoms with Gasteiger partial charge in [-0.2, -0.15) is 5.26 Å². The Labute approximate surface area is 129 Å². The summed E-state index contributed by atoms with van der Waals surface area (Å²) in [7, 11) is 0. The standard InChI is InChI=1S/C15H10BrN5/c16-10-1-3-13(9(5-10)7-17)21-15-12-6-11(18)2-4-14(12)19-8-20-15/h1-6,8H,18H2,(H,19,20,21). The van der Waals surface area contributed by atoms with Crippen LogP contribution in [-0.4, -0.2) is 9.97 Å². The summed E-state index contributed by atoms with van der Waals surface area (Å²) in [5, 5.41) is 13.2. The molecule has 0 aliphatic heterocycles. The highest BCUT2D eigenvalue weighted by atomic mass is 79.9. The second kappa shape index (κ2) is 5.38. The van der Waals surface area contributed by atoms with Gasteiger partial charge in [0.25, 0.3) is 0 Å². The molecule has 5 nitrogen and oxygen atoms in total. The third-order valence-corrected chi connectivity index (χ3v) is 3.51. The zero-order valence-electron chi connectivity index (χ0n) is 10.8. The number of hydrogen-bond acceptors (Lipinski definition) is 5. The molecule has 1 aromatic heterocycles. The van der Waals surface area contributed by atoms with E-state index in [4.69, 9.17) is 5.73 Å². The van der Waals surface area contributed by atoms with Gasteiger partial charge in [0.2, 0.25) is 0 Å². The van der Waals surface area contributed by atoms with Gasteiger partial charge in [-0.05, 0) is 36.4 Å². The first-order chi connectivity index (χ1) is 10.2. The van der Waals surface area contributed by atoms with Crippen LogP contribution in [0.3, 0.4) is 0 Å². The van der Waals surface area contributed by atoms with Crippen molar-refractivity contribution in [2.24, 2.45) is 0 Å². The first kappa shape index (κ1) is 13.3. The van der Waals surface area contributed by atoms with Gasteiger partial charge >= 0.3 is 0 Å². The van der Waals surface area contributed by atoms with Crippen LogP contribution in [0.5, 0.6) is 0 Å². The molecule has 0 aliphatic carbocycles. The van der Waals surface area contributed by atoms with Crippen LogP contribution in [0.4, 0.5) is 17.2 Å². The highest BCUT2D eigenvalue weighted by Crippen LogP contribution is 2.27. The van der Waals surface area contributed by atoms with Crippen molar-refractivity contribution in [3.05, 3.63) is 52.8 Å². The van der Waals surface area contributed by atoms with Gasteiger partial charge in [0.05, 0.1) is 16.8 Å². The smallest absolute Gasteiger partial charge is 0.141 e. The monoisotopic (exact) mass is 339 g/mol.